The number of ether oxygens (including phenoxy) is 1. The maximum Gasteiger partial charge on any atom is 0.314 e. The Morgan fingerprint density at radius 3 is 2.27 bits per heavy atom. The summed E-state index contributed by atoms with van der Waals surface area (Å²) >= 11 is 5.87. The van der Waals surface area contributed by atoms with Gasteiger partial charge in [0.1, 0.15) is 5.75 Å². The van der Waals surface area contributed by atoms with Gasteiger partial charge in [-0.25, -0.2) is 0 Å². The molecule has 2 aromatic carbocycles. The molecule has 0 aromatic heterocycles. The lowest BCUT2D eigenvalue weighted by molar-refractivity contribution is -0.133. The summed E-state index contributed by atoms with van der Waals surface area (Å²) in [5.41, 5.74) is 1.94. The van der Waals surface area contributed by atoms with E-state index in [0.29, 0.717) is 22.1 Å². The van der Waals surface area contributed by atoms with Gasteiger partial charge in [0.25, 0.3) is 0 Å². The van der Waals surface area contributed by atoms with E-state index in [0.717, 1.165) is 5.56 Å². The van der Waals surface area contributed by atoms with E-state index in [9.17, 15) is 9.59 Å². The van der Waals surface area contributed by atoms with Crippen LogP contribution in [0.25, 0.3) is 0 Å². The third-order valence-electron chi connectivity index (χ3n) is 2.93. The molecule has 0 atom stereocenters. The van der Waals surface area contributed by atoms with Crippen LogP contribution in [0.15, 0.2) is 42.5 Å². The number of methoxy groups -OCH3 is 1. The Hall–Kier alpha value is -2.53. The van der Waals surface area contributed by atoms with Gasteiger partial charge in [-0.15, -0.1) is 0 Å². The van der Waals surface area contributed by atoms with Gasteiger partial charge < -0.3 is 15.4 Å². The minimum atomic E-state index is -0.804. The van der Waals surface area contributed by atoms with Crippen LogP contribution in [0.5, 0.6) is 5.75 Å². The standard InChI is InChI=1S/C16H15ClN2O3/c1-10-3-6-12(7-4-10)18-15(20)16(21)19-13-9-11(17)5-8-14(13)22-2/h3-9H,1-2H3,(H,18,20)(H,19,21). The number of carbonyl (C=O) groups excluding carboxylic acids is 2. The highest BCUT2D eigenvalue weighted by Gasteiger charge is 2.16. The van der Waals surface area contributed by atoms with Gasteiger partial charge in [0, 0.05) is 10.7 Å². The summed E-state index contributed by atoms with van der Waals surface area (Å²) in [4.78, 5) is 23.8. The SMILES string of the molecule is COc1ccc(Cl)cc1NC(=O)C(=O)Nc1ccc(C)cc1. The zero-order chi connectivity index (χ0) is 16.1. The minimum absolute atomic E-state index is 0.332. The first-order valence-electron chi connectivity index (χ1n) is 6.52. The predicted octanol–water partition coefficient (Wildman–Crippen LogP) is 3.23. The van der Waals surface area contributed by atoms with E-state index in [1.54, 1.807) is 24.3 Å². The Balaban J connectivity index is 2.07. The van der Waals surface area contributed by atoms with Crippen molar-refractivity contribution in [1.29, 1.82) is 0 Å². The molecular weight excluding hydrogens is 304 g/mol. The van der Waals surface area contributed by atoms with Crippen molar-refractivity contribution in [1.82, 2.24) is 0 Å². The van der Waals surface area contributed by atoms with Crippen molar-refractivity contribution < 1.29 is 14.3 Å². The maximum atomic E-state index is 11.9. The van der Waals surface area contributed by atoms with Gasteiger partial charge in [-0.3, -0.25) is 9.59 Å². The summed E-state index contributed by atoms with van der Waals surface area (Å²) in [5, 5.41) is 5.42. The Labute approximate surface area is 133 Å². The highest BCUT2D eigenvalue weighted by molar-refractivity contribution is 6.44. The van der Waals surface area contributed by atoms with E-state index in [-0.39, 0.29) is 0 Å². The molecule has 6 heteroatoms. The molecule has 2 N–H and O–H groups in total. The molecule has 2 rings (SSSR count). The fraction of sp³-hybridized carbons (Fsp3) is 0.125. The molecular formula is C16H15ClN2O3. The predicted molar refractivity (Wildman–Crippen MR) is 86.4 cm³/mol. The molecule has 0 radical (unpaired) electrons. The quantitative estimate of drug-likeness (QED) is 0.854. The van der Waals surface area contributed by atoms with Crippen LogP contribution in [0.2, 0.25) is 5.02 Å². The van der Waals surface area contributed by atoms with Gasteiger partial charge in [-0.1, -0.05) is 29.3 Å². The van der Waals surface area contributed by atoms with Crippen molar-refractivity contribution >= 4 is 34.8 Å². The molecule has 114 valence electrons. The molecule has 0 unspecified atom stereocenters. The van der Waals surface area contributed by atoms with Crippen LogP contribution in [-0.4, -0.2) is 18.9 Å². The number of hydrogen-bond acceptors (Lipinski definition) is 3. The lowest BCUT2D eigenvalue weighted by atomic mass is 10.2. The number of rotatable bonds is 3. The lowest BCUT2D eigenvalue weighted by Crippen LogP contribution is -2.29. The van der Waals surface area contributed by atoms with Crippen LogP contribution < -0.4 is 15.4 Å². The minimum Gasteiger partial charge on any atom is -0.495 e. The topological polar surface area (TPSA) is 67.4 Å². The van der Waals surface area contributed by atoms with E-state index in [1.165, 1.54) is 13.2 Å². The maximum absolute atomic E-state index is 11.9. The van der Waals surface area contributed by atoms with Crippen molar-refractivity contribution in [2.45, 2.75) is 6.92 Å². The second-order valence-electron chi connectivity index (χ2n) is 4.62. The van der Waals surface area contributed by atoms with Crippen LogP contribution in [0, 0.1) is 6.92 Å². The van der Waals surface area contributed by atoms with Crippen LogP contribution in [0.3, 0.4) is 0 Å². The van der Waals surface area contributed by atoms with Crippen molar-refractivity contribution in [2.24, 2.45) is 0 Å². The summed E-state index contributed by atoms with van der Waals surface area (Å²) in [6.07, 6.45) is 0. The number of amides is 2. The molecule has 0 aliphatic rings. The van der Waals surface area contributed by atoms with Gasteiger partial charge in [0.05, 0.1) is 12.8 Å². The molecule has 0 heterocycles. The third-order valence-corrected chi connectivity index (χ3v) is 3.16. The summed E-state index contributed by atoms with van der Waals surface area (Å²) in [6.45, 7) is 1.93. The molecule has 2 aromatic rings. The van der Waals surface area contributed by atoms with E-state index in [4.69, 9.17) is 16.3 Å². The van der Waals surface area contributed by atoms with Crippen LogP contribution >= 0.6 is 11.6 Å². The number of hydrogen-bond donors (Lipinski definition) is 2. The summed E-state index contributed by atoms with van der Waals surface area (Å²) in [5.74, 6) is -1.16. The van der Waals surface area contributed by atoms with Gasteiger partial charge in [-0.2, -0.15) is 0 Å². The van der Waals surface area contributed by atoms with Gasteiger partial charge in [0.15, 0.2) is 0 Å². The van der Waals surface area contributed by atoms with Crippen LogP contribution in [0.4, 0.5) is 11.4 Å². The average Bonchev–Trinajstić information content (AvgIpc) is 2.49. The molecule has 0 saturated carbocycles. The average molecular weight is 319 g/mol. The molecule has 0 saturated heterocycles. The Morgan fingerprint density at radius 2 is 1.64 bits per heavy atom. The zero-order valence-electron chi connectivity index (χ0n) is 12.1. The Bertz CT molecular complexity index is 699. The smallest absolute Gasteiger partial charge is 0.314 e. The van der Waals surface area contributed by atoms with E-state index in [1.807, 2.05) is 19.1 Å². The van der Waals surface area contributed by atoms with Gasteiger partial charge in [-0.05, 0) is 37.3 Å². The molecule has 0 aliphatic heterocycles. The molecule has 0 aliphatic carbocycles. The second-order valence-corrected chi connectivity index (χ2v) is 5.06. The normalized spacial score (nSPS) is 9.95. The number of anilines is 2. The van der Waals surface area contributed by atoms with Crippen LogP contribution in [0.1, 0.15) is 5.56 Å². The summed E-state index contributed by atoms with van der Waals surface area (Å²) in [6, 6.07) is 11.9. The Kier molecular flexibility index (Phi) is 5.01. The fourth-order valence-corrected chi connectivity index (χ4v) is 1.95. The zero-order valence-corrected chi connectivity index (χ0v) is 12.9. The molecule has 0 fully saturated rings. The first-order chi connectivity index (χ1) is 10.5. The number of nitrogens with one attached hydrogen (secondary N) is 2. The van der Waals surface area contributed by atoms with E-state index >= 15 is 0 Å². The molecule has 0 bridgehead atoms. The van der Waals surface area contributed by atoms with Crippen molar-refractivity contribution in [3.63, 3.8) is 0 Å². The van der Waals surface area contributed by atoms with Gasteiger partial charge >= 0.3 is 11.8 Å². The van der Waals surface area contributed by atoms with Crippen molar-refractivity contribution in [3.8, 4) is 5.75 Å². The first kappa shape index (κ1) is 15.9. The molecule has 2 amide bonds. The lowest BCUT2D eigenvalue weighted by Gasteiger charge is -2.10. The number of carbonyl (C=O) groups is 2. The fourth-order valence-electron chi connectivity index (χ4n) is 1.78. The van der Waals surface area contributed by atoms with Crippen molar-refractivity contribution in [2.75, 3.05) is 17.7 Å². The molecule has 22 heavy (non-hydrogen) atoms. The van der Waals surface area contributed by atoms with Crippen molar-refractivity contribution in [3.05, 3.63) is 53.1 Å². The van der Waals surface area contributed by atoms with Gasteiger partial charge in [0.2, 0.25) is 0 Å². The highest BCUT2D eigenvalue weighted by atomic mass is 35.5. The van der Waals surface area contributed by atoms with Crippen LogP contribution in [-0.2, 0) is 9.59 Å². The monoisotopic (exact) mass is 318 g/mol. The Morgan fingerprint density at radius 1 is 1.00 bits per heavy atom. The van der Waals surface area contributed by atoms with E-state index < -0.39 is 11.8 Å². The van der Waals surface area contributed by atoms with E-state index in [2.05, 4.69) is 10.6 Å². The largest absolute Gasteiger partial charge is 0.495 e. The third kappa shape index (κ3) is 3.99. The number of benzene rings is 2. The molecule has 5 nitrogen and oxygen atoms in total. The first-order valence-corrected chi connectivity index (χ1v) is 6.90. The highest BCUT2D eigenvalue weighted by Crippen LogP contribution is 2.27. The summed E-state index contributed by atoms with van der Waals surface area (Å²) in [7, 11) is 1.46. The second kappa shape index (κ2) is 6.95. The summed E-state index contributed by atoms with van der Waals surface area (Å²) < 4.78 is 5.11. The number of halogens is 1. The number of aryl methyl sites for hydroxylation is 1. The molecule has 0 spiro atoms.